The molecule has 2 saturated heterocycles. The molecule has 3 N–H and O–H groups in total. The first-order valence-electron chi connectivity index (χ1n) is 7.33. The average molecular weight is 306 g/mol. The van der Waals surface area contributed by atoms with E-state index in [4.69, 9.17) is 4.42 Å². The normalized spacial score (nSPS) is 27.8. The first kappa shape index (κ1) is 14.4. The van der Waals surface area contributed by atoms with Crippen LogP contribution in [0.25, 0.3) is 0 Å². The molecule has 3 unspecified atom stereocenters. The Balaban J connectivity index is 1.92. The highest BCUT2D eigenvalue weighted by molar-refractivity contribution is 6.00. The third kappa shape index (κ3) is 2.40. The van der Waals surface area contributed by atoms with E-state index >= 15 is 0 Å². The summed E-state index contributed by atoms with van der Waals surface area (Å²) in [5, 5.41) is 7.74. The smallest absolute Gasteiger partial charge is 0.325 e. The molecule has 3 atom stereocenters. The van der Waals surface area contributed by atoms with Gasteiger partial charge in [0.2, 0.25) is 5.91 Å². The molecule has 1 aromatic heterocycles. The number of hydrogen-bond donors (Lipinski definition) is 3. The number of unbranched alkanes of at least 4 members (excludes halogenated alkanes) is 1. The van der Waals surface area contributed by atoms with E-state index in [1.165, 1.54) is 11.2 Å². The van der Waals surface area contributed by atoms with E-state index in [1.54, 1.807) is 12.1 Å². The Morgan fingerprint density at radius 1 is 1.27 bits per heavy atom. The molecular formula is C14H18N4O4. The molecule has 3 rings (SSSR count). The van der Waals surface area contributed by atoms with Gasteiger partial charge < -0.3 is 20.0 Å². The monoisotopic (exact) mass is 306 g/mol. The maximum Gasteiger partial charge on any atom is 0.325 e. The maximum atomic E-state index is 12.3. The predicted octanol–water partition coefficient (Wildman–Crippen LogP) is 0.928. The number of nitrogens with zero attached hydrogens (tertiary/aromatic N) is 1. The van der Waals surface area contributed by atoms with Crippen molar-refractivity contribution < 1.29 is 18.8 Å². The summed E-state index contributed by atoms with van der Waals surface area (Å²) in [4.78, 5) is 37.8. The second-order valence-electron chi connectivity index (χ2n) is 5.42. The number of furan rings is 1. The topological polar surface area (TPSA) is 104 Å². The van der Waals surface area contributed by atoms with E-state index in [1.807, 2.05) is 6.92 Å². The Morgan fingerprint density at radius 2 is 2.09 bits per heavy atom. The highest BCUT2D eigenvalue weighted by atomic mass is 16.3. The molecule has 5 amide bonds. The van der Waals surface area contributed by atoms with Crippen LogP contribution in [0.15, 0.2) is 22.8 Å². The van der Waals surface area contributed by atoms with Crippen molar-refractivity contribution in [2.75, 3.05) is 6.54 Å². The van der Waals surface area contributed by atoms with Crippen LogP contribution >= 0.6 is 0 Å². The van der Waals surface area contributed by atoms with Crippen LogP contribution < -0.4 is 16.0 Å². The van der Waals surface area contributed by atoms with Crippen molar-refractivity contribution in [3.63, 3.8) is 0 Å². The molecule has 3 heterocycles. The van der Waals surface area contributed by atoms with E-state index in [2.05, 4.69) is 16.0 Å². The highest BCUT2D eigenvalue weighted by Crippen LogP contribution is 2.32. The molecule has 118 valence electrons. The number of amides is 5. The summed E-state index contributed by atoms with van der Waals surface area (Å²) in [6, 6.07) is 1.89. The molecule has 0 spiro atoms. The van der Waals surface area contributed by atoms with Gasteiger partial charge >= 0.3 is 12.1 Å². The lowest BCUT2D eigenvalue weighted by molar-refractivity contribution is -0.130. The third-order valence-corrected chi connectivity index (χ3v) is 4.00. The second kappa shape index (κ2) is 5.70. The van der Waals surface area contributed by atoms with Crippen molar-refractivity contribution in [3.8, 4) is 0 Å². The van der Waals surface area contributed by atoms with Crippen LogP contribution in [-0.2, 0) is 4.79 Å². The van der Waals surface area contributed by atoms with Gasteiger partial charge in [-0.25, -0.2) is 9.59 Å². The first-order valence-corrected chi connectivity index (χ1v) is 7.33. The van der Waals surface area contributed by atoms with Crippen molar-refractivity contribution in [2.24, 2.45) is 5.92 Å². The van der Waals surface area contributed by atoms with Gasteiger partial charge in [0.25, 0.3) is 0 Å². The Bertz CT molecular complexity index is 586. The van der Waals surface area contributed by atoms with Gasteiger partial charge in [-0.1, -0.05) is 13.3 Å². The zero-order valence-electron chi connectivity index (χ0n) is 12.2. The summed E-state index contributed by atoms with van der Waals surface area (Å²) in [6.45, 7) is 2.49. The summed E-state index contributed by atoms with van der Waals surface area (Å²) in [5.74, 6) is -0.570. The van der Waals surface area contributed by atoms with Crippen molar-refractivity contribution in [1.29, 1.82) is 0 Å². The predicted molar refractivity (Wildman–Crippen MR) is 75.5 cm³/mol. The molecule has 2 fully saturated rings. The van der Waals surface area contributed by atoms with Gasteiger partial charge in [-0.2, -0.15) is 0 Å². The molecule has 2 aliphatic heterocycles. The average Bonchev–Trinajstić information content (AvgIpc) is 3.00. The molecule has 8 nitrogen and oxygen atoms in total. The van der Waals surface area contributed by atoms with Crippen LogP contribution in [0.3, 0.4) is 0 Å². The highest BCUT2D eigenvalue weighted by Gasteiger charge is 2.50. The van der Waals surface area contributed by atoms with Gasteiger partial charge in [-0.3, -0.25) is 10.1 Å². The molecule has 22 heavy (non-hydrogen) atoms. The number of imide groups is 1. The fraction of sp³-hybridized carbons (Fsp3) is 0.500. The second-order valence-corrected chi connectivity index (χ2v) is 5.42. The molecule has 0 radical (unpaired) electrons. The maximum absolute atomic E-state index is 12.3. The summed E-state index contributed by atoms with van der Waals surface area (Å²) in [5.41, 5.74) is 0. The van der Waals surface area contributed by atoms with Gasteiger partial charge in [0.05, 0.1) is 6.26 Å². The molecule has 0 bridgehead atoms. The van der Waals surface area contributed by atoms with E-state index in [-0.39, 0.29) is 0 Å². The number of carbonyl (C=O) groups is 3. The number of fused-ring (bicyclic) bond motifs is 1. The number of hydrogen-bond acceptors (Lipinski definition) is 4. The lowest BCUT2D eigenvalue weighted by Gasteiger charge is -2.45. The van der Waals surface area contributed by atoms with Gasteiger partial charge in [-0.15, -0.1) is 0 Å². The van der Waals surface area contributed by atoms with E-state index in [0.717, 1.165) is 12.8 Å². The Labute approximate surface area is 127 Å². The minimum atomic E-state index is -0.670. The fourth-order valence-electron chi connectivity index (χ4n) is 2.92. The van der Waals surface area contributed by atoms with Crippen molar-refractivity contribution in [1.82, 2.24) is 20.9 Å². The van der Waals surface area contributed by atoms with Crippen LogP contribution in [0.2, 0.25) is 0 Å². The van der Waals surface area contributed by atoms with Gasteiger partial charge in [0, 0.05) is 6.54 Å². The first-order chi connectivity index (χ1) is 10.6. The molecular weight excluding hydrogens is 288 g/mol. The zero-order chi connectivity index (χ0) is 15.7. The van der Waals surface area contributed by atoms with Crippen molar-refractivity contribution in [3.05, 3.63) is 24.2 Å². The van der Waals surface area contributed by atoms with Crippen LogP contribution in [0.1, 0.15) is 31.6 Å². The zero-order valence-corrected chi connectivity index (χ0v) is 12.2. The fourth-order valence-corrected chi connectivity index (χ4v) is 2.92. The number of carbonyl (C=O) groups excluding carboxylic acids is 3. The largest absolute Gasteiger partial charge is 0.467 e. The SMILES string of the molecule is CCCCN1C(=O)NC(=O)C2C(c3ccco3)NC(=O)NC21. The summed E-state index contributed by atoms with van der Waals surface area (Å²) >= 11 is 0. The van der Waals surface area contributed by atoms with Crippen molar-refractivity contribution >= 4 is 18.0 Å². The summed E-state index contributed by atoms with van der Waals surface area (Å²) < 4.78 is 5.34. The van der Waals surface area contributed by atoms with Gasteiger partial charge in [0.15, 0.2) is 0 Å². The lowest BCUT2D eigenvalue weighted by Crippen LogP contribution is -2.72. The van der Waals surface area contributed by atoms with E-state index < -0.39 is 36.1 Å². The standard InChI is InChI=1S/C14H18N4O4/c1-2-3-6-18-11-9(12(19)17-14(18)21)10(15-13(20)16-11)8-5-4-7-22-8/h4-5,7,9-11H,2-3,6H2,1H3,(H2,15,16,20)(H,17,19,21). The summed E-state index contributed by atoms with van der Waals surface area (Å²) in [6.07, 6.45) is 2.51. The molecule has 1 aromatic rings. The molecule has 2 aliphatic rings. The third-order valence-electron chi connectivity index (χ3n) is 4.00. The summed E-state index contributed by atoms with van der Waals surface area (Å²) in [7, 11) is 0. The molecule has 8 heteroatoms. The Kier molecular flexibility index (Phi) is 3.74. The van der Waals surface area contributed by atoms with Crippen LogP contribution in [0.4, 0.5) is 9.59 Å². The van der Waals surface area contributed by atoms with E-state index in [9.17, 15) is 14.4 Å². The molecule has 0 aliphatic carbocycles. The van der Waals surface area contributed by atoms with Crippen molar-refractivity contribution in [2.45, 2.75) is 32.0 Å². The number of rotatable bonds is 4. The van der Waals surface area contributed by atoms with Gasteiger partial charge in [0.1, 0.15) is 23.9 Å². The van der Waals surface area contributed by atoms with Gasteiger partial charge in [-0.05, 0) is 18.6 Å². The number of nitrogens with one attached hydrogen (secondary N) is 3. The minimum Gasteiger partial charge on any atom is -0.467 e. The lowest BCUT2D eigenvalue weighted by atomic mass is 9.89. The number of urea groups is 2. The Morgan fingerprint density at radius 3 is 2.77 bits per heavy atom. The Hall–Kier alpha value is -2.51. The van der Waals surface area contributed by atoms with Crippen LogP contribution in [0.5, 0.6) is 0 Å². The van der Waals surface area contributed by atoms with Crippen LogP contribution in [-0.4, -0.2) is 35.6 Å². The van der Waals surface area contributed by atoms with Crippen LogP contribution in [0, 0.1) is 5.92 Å². The van der Waals surface area contributed by atoms with E-state index in [0.29, 0.717) is 12.3 Å². The minimum absolute atomic E-state index is 0.420. The quantitative estimate of drug-likeness (QED) is 0.769. The molecule has 0 saturated carbocycles. The molecule has 0 aromatic carbocycles.